The lowest BCUT2D eigenvalue weighted by Crippen LogP contribution is -2.56. The van der Waals surface area contributed by atoms with Gasteiger partial charge in [-0.25, -0.2) is 9.59 Å². The predicted molar refractivity (Wildman–Crippen MR) is 155 cm³/mol. The molecule has 0 spiro atoms. The number of benzene rings is 1. The molecule has 1 aromatic carbocycles. The lowest BCUT2D eigenvalue weighted by Gasteiger charge is -2.30. The highest BCUT2D eigenvalue weighted by atomic mass is 16.6. The van der Waals surface area contributed by atoms with Gasteiger partial charge in [0.05, 0.1) is 6.54 Å². The summed E-state index contributed by atoms with van der Waals surface area (Å²) in [6, 6.07) is 3.57. The standard InChI is InChI=1S/C31H40N4O8/c1-18-12-13-24-22(14-18)33-29(42-24)41-20-15-23-25(36)34-31(27(38)39)16-19(31)10-8-6-5-7-9-11-21(26(37)35(23)17-20)32-28(40)43-30(2,3)4/h8,10,12-14,19-21,23H,5-7,9,11,15-17H2,1-4H3,(H,32,40)(H,34,36)(H,38,39)/b10-8-/t19-,20+,21-,23-,31+/m0/s1. The highest BCUT2D eigenvalue weighted by molar-refractivity contribution is 5.96. The highest BCUT2D eigenvalue weighted by Crippen LogP contribution is 2.45. The maximum atomic E-state index is 14.0. The molecule has 1 aliphatic carbocycles. The van der Waals surface area contributed by atoms with Crippen molar-refractivity contribution in [3.63, 3.8) is 0 Å². The van der Waals surface area contributed by atoms with Gasteiger partial charge in [0.1, 0.15) is 34.8 Å². The van der Waals surface area contributed by atoms with E-state index in [2.05, 4.69) is 15.6 Å². The van der Waals surface area contributed by atoms with Gasteiger partial charge in [0.25, 0.3) is 0 Å². The fraction of sp³-hybridized carbons (Fsp3) is 0.581. The number of oxazole rings is 1. The van der Waals surface area contributed by atoms with Crippen LogP contribution in [0.4, 0.5) is 4.79 Å². The predicted octanol–water partition coefficient (Wildman–Crippen LogP) is 3.86. The molecule has 3 heterocycles. The monoisotopic (exact) mass is 596 g/mol. The molecule has 3 amide bonds. The first-order chi connectivity index (χ1) is 20.3. The van der Waals surface area contributed by atoms with E-state index in [1.807, 2.05) is 31.2 Å². The van der Waals surface area contributed by atoms with Crippen LogP contribution in [-0.4, -0.2) is 74.7 Å². The zero-order valence-corrected chi connectivity index (χ0v) is 25.1. The van der Waals surface area contributed by atoms with Crippen molar-refractivity contribution in [3.05, 3.63) is 35.9 Å². The fourth-order valence-corrected chi connectivity index (χ4v) is 5.81. The van der Waals surface area contributed by atoms with E-state index in [9.17, 15) is 24.3 Å². The second kappa shape index (κ2) is 11.9. The number of aryl methyl sites for hydroxylation is 1. The third-order valence-electron chi connectivity index (χ3n) is 8.10. The number of fused-ring (bicyclic) bond motifs is 3. The molecule has 0 radical (unpaired) electrons. The van der Waals surface area contributed by atoms with Gasteiger partial charge >= 0.3 is 18.1 Å². The zero-order chi connectivity index (χ0) is 30.9. The number of ether oxygens (including phenoxy) is 2. The largest absolute Gasteiger partial charge is 0.479 e. The van der Waals surface area contributed by atoms with Gasteiger partial charge in [-0.2, -0.15) is 4.98 Å². The number of aromatic nitrogens is 1. The van der Waals surface area contributed by atoms with Crippen LogP contribution in [0.1, 0.15) is 71.3 Å². The molecular weight excluding hydrogens is 556 g/mol. The number of rotatable bonds is 4. The topological polar surface area (TPSA) is 160 Å². The Balaban J connectivity index is 1.42. The molecule has 5 rings (SSSR count). The summed E-state index contributed by atoms with van der Waals surface area (Å²) in [7, 11) is 0. The summed E-state index contributed by atoms with van der Waals surface area (Å²) < 4.78 is 17.2. The summed E-state index contributed by atoms with van der Waals surface area (Å²) in [5.41, 5.74) is -0.0216. The number of nitrogens with one attached hydrogen (secondary N) is 2. The summed E-state index contributed by atoms with van der Waals surface area (Å²) in [6.45, 7) is 7.16. The van der Waals surface area contributed by atoms with Crippen molar-refractivity contribution in [1.82, 2.24) is 20.5 Å². The lowest BCUT2D eigenvalue weighted by molar-refractivity contribution is -0.145. The first-order valence-corrected chi connectivity index (χ1v) is 14.9. The summed E-state index contributed by atoms with van der Waals surface area (Å²) in [5.74, 6) is -2.50. The van der Waals surface area contributed by atoms with E-state index < -0.39 is 53.2 Å². The minimum atomic E-state index is -1.42. The van der Waals surface area contributed by atoms with Crippen molar-refractivity contribution >= 4 is 35.0 Å². The maximum Gasteiger partial charge on any atom is 0.408 e. The summed E-state index contributed by atoms with van der Waals surface area (Å²) >= 11 is 0. The molecule has 1 saturated heterocycles. The van der Waals surface area contributed by atoms with E-state index in [-0.39, 0.29) is 31.4 Å². The van der Waals surface area contributed by atoms with Crippen LogP contribution in [0.15, 0.2) is 34.8 Å². The molecule has 2 aliphatic heterocycles. The van der Waals surface area contributed by atoms with Crippen LogP contribution in [0.5, 0.6) is 6.08 Å². The highest BCUT2D eigenvalue weighted by Gasteiger charge is 2.61. The van der Waals surface area contributed by atoms with Crippen molar-refractivity contribution in [2.45, 2.75) is 102 Å². The Kier molecular flexibility index (Phi) is 8.40. The van der Waals surface area contributed by atoms with Gasteiger partial charge in [-0.3, -0.25) is 9.59 Å². The minimum Gasteiger partial charge on any atom is -0.479 e. The number of nitrogens with zero attached hydrogens (tertiary/aromatic N) is 2. The van der Waals surface area contributed by atoms with E-state index in [0.717, 1.165) is 24.8 Å². The van der Waals surface area contributed by atoms with Crippen molar-refractivity contribution < 1.29 is 38.2 Å². The number of carbonyl (C=O) groups excluding carboxylic acids is 3. The Hall–Kier alpha value is -4.09. The van der Waals surface area contributed by atoms with Gasteiger partial charge in [-0.1, -0.05) is 31.1 Å². The van der Waals surface area contributed by atoms with E-state index in [1.54, 1.807) is 26.8 Å². The molecule has 232 valence electrons. The number of carboxylic acids is 1. The van der Waals surface area contributed by atoms with Crippen LogP contribution in [0.25, 0.3) is 11.1 Å². The van der Waals surface area contributed by atoms with E-state index in [4.69, 9.17) is 13.9 Å². The van der Waals surface area contributed by atoms with Crippen molar-refractivity contribution in [2.24, 2.45) is 5.92 Å². The Morgan fingerprint density at radius 1 is 1.21 bits per heavy atom. The molecule has 43 heavy (non-hydrogen) atoms. The quantitative estimate of drug-likeness (QED) is 0.445. The molecule has 3 N–H and O–H groups in total. The van der Waals surface area contributed by atoms with Gasteiger partial charge in [-0.15, -0.1) is 0 Å². The molecule has 3 aliphatic rings. The lowest BCUT2D eigenvalue weighted by atomic mass is 10.0. The van der Waals surface area contributed by atoms with E-state index in [0.29, 0.717) is 23.9 Å². The van der Waals surface area contributed by atoms with Crippen LogP contribution in [-0.2, 0) is 19.1 Å². The number of aliphatic carboxylic acids is 1. The number of amides is 3. The molecule has 2 aromatic rings. The van der Waals surface area contributed by atoms with Gasteiger partial charge in [-0.05, 0) is 71.1 Å². The SMILES string of the molecule is Cc1ccc2oc(O[C@@H]3C[C@H]4C(=O)N[C@]5(C(=O)O)C[C@@H]5/C=C\CCCCC[C@H](NC(=O)OC(C)(C)C)C(=O)N4C3)nc2c1. The number of carboxylic acid groups (broad SMARTS) is 1. The Morgan fingerprint density at radius 2 is 2.00 bits per heavy atom. The van der Waals surface area contributed by atoms with Gasteiger partial charge in [0.15, 0.2) is 5.58 Å². The number of allylic oxidation sites excluding steroid dienone is 1. The molecule has 12 nitrogen and oxygen atoms in total. The van der Waals surface area contributed by atoms with Gasteiger partial charge < -0.3 is 34.5 Å². The second-order valence-corrected chi connectivity index (χ2v) is 12.8. The minimum absolute atomic E-state index is 0.0130. The van der Waals surface area contributed by atoms with E-state index >= 15 is 0 Å². The van der Waals surface area contributed by atoms with Crippen molar-refractivity contribution in [1.29, 1.82) is 0 Å². The van der Waals surface area contributed by atoms with Crippen molar-refractivity contribution in [2.75, 3.05) is 6.54 Å². The van der Waals surface area contributed by atoms with Crippen LogP contribution < -0.4 is 15.4 Å². The Bertz CT molecular complexity index is 1430. The van der Waals surface area contributed by atoms with Gasteiger partial charge in [0, 0.05) is 12.3 Å². The fourth-order valence-electron chi connectivity index (χ4n) is 5.81. The second-order valence-electron chi connectivity index (χ2n) is 12.8. The average Bonchev–Trinajstić information content (AvgIpc) is 3.23. The third kappa shape index (κ3) is 6.94. The first kappa shape index (κ1) is 30.4. The zero-order valence-electron chi connectivity index (χ0n) is 25.1. The normalized spacial score (nSPS) is 29.0. The van der Waals surface area contributed by atoms with Crippen LogP contribution in [0, 0.1) is 12.8 Å². The molecule has 12 heteroatoms. The first-order valence-electron chi connectivity index (χ1n) is 14.9. The number of hydrogen-bond donors (Lipinski definition) is 3. The number of alkyl carbamates (subject to hydrolysis) is 1. The molecule has 1 saturated carbocycles. The van der Waals surface area contributed by atoms with Crippen LogP contribution in [0.2, 0.25) is 0 Å². The molecule has 5 atom stereocenters. The molecule has 1 aromatic heterocycles. The molecule has 0 bridgehead atoms. The summed E-state index contributed by atoms with van der Waals surface area (Å²) in [5, 5.41) is 15.5. The Morgan fingerprint density at radius 3 is 2.74 bits per heavy atom. The average molecular weight is 597 g/mol. The molecule has 0 unspecified atom stereocenters. The number of carbonyl (C=O) groups is 4. The molecular formula is C31H40N4O8. The van der Waals surface area contributed by atoms with Crippen molar-refractivity contribution in [3.8, 4) is 6.08 Å². The van der Waals surface area contributed by atoms with E-state index in [1.165, 1.54) is 4.90 Å². The maximum absolute atomic E-state index is 14.0. The number of hydrogen-bond acceptors (Lipinski definition) is 8. The summed E-state index contributed by atoms with van der Waals surface area (Å²) in [4.78, 5) is 58.5. The van der Waals surface area contributed by atoms with Crippen LogP contribution >= 0.6 is 0 Å². The van der Waals surface area contributed by atoms with Gasteiger partial charge in [0.2, 0.25) is 11.8 Å². The summed E-state index contributed by atoms with van der Waals surface area (Å²) in [6.07, 6.45) is 6.21. The molecule has 2 fully saturated rings. The smallest absolute Gasteiger partial charge is 0.408 e. The third-order valence-corrected chi connectivity index (χ3v) is 8.10. The van der Waals surface area contributed by atoms with Crippen LogP contribution in [0.3, 0.4) is 0 Å². The Labute approximate surface area is 250 Å².